The van der Waals surface area contributed by atoms with Crippen LogP contribution in [0.2, 0.25) is 0 Å². The van der Waals surface area contributed by atoms with Gasteiger partial charge in [-0.1, -0.05) is 28.1 Å². The first kappa shape index (κ1) is 17.4. The molecule has 24 heavy (non-hydrogen) atoms. The molecule has 2 aromatic carbocycles. The number of amides is 1. The van der Waals surface area contributed by atoms with Crippen LogP contribution in [0.1, 0.15) is 12.8 Å². The third-order valence-electron chi connectivity index (χ3n) is 3.70. The SMILES string of the molecule is O=C1CCCN1c1ccccc1NS(=O)(=O)c1cc(Br)ccc1Br. The molecule has 1 fully saturated rings. The summed E-state index contributed by atoms with van der Waals surface area (Å²) >= 11 is 6.55. The number of anilines is 2. The molecule has 126 valence electrons. The van der Waals surface area contributed by atoms with E-state index in [0.717, 1.165) is 6.42 Å². The molecule has 0 spiro atoms. The Labute approximate surface area is 157 Å². The van der Waals surface area contributed by atoms with Crippen LogP contribution in [0.15, 0.2) is 56.3 Å². The van der Waals surface area contributed by atoms with Gasteiger partial charge in [-0.3, -0.25) is 9.52 Å². The van der Waals surface area contributed by atoms with Gasteiger partial charge < -0.3 is 4.90 Å². The molecule has 0 aliphatic carbocycles. The number of benzene rings is 2. The van der Waals surface area contributed by atoms with Crippen molar-refractivity contribution in [3.63, 3.8) is 0 Å². The predicted molar refractivity (Wildman–Crippen MR) is 101 cm³/mol. The zero-order chi connectivity index (χ0) is 17.3. The van der Waals surface area contributed by atoms with Crippen molar-refractivity contribution in [1.82, 2.24) is 0 Å². The molecule has 1 saturated heterocycles. The standard InChI is InChI=1S/C16H14Br2N2O3S/c17-11-7-8-12(18)15(10-11)24(22,23)19-13-4-1-2-5-14(13)20-9-3-6-16(20)21/h1-2,4-5,7-8,10,19H,3,6,9H2. The van der Waals surface area contributed by atoms with Crippen LogP contribution in [0.25, 0.3) is 0 Å². The molecule has 0 bridgehead atoms. The van der Waals surface area contributed by atoms with Crippen LogP contribution in [0.4, 0.5) is 11.4 Å². The van der Waals surface area contributed by atoms with Crippen molar-refractivity contribution in [2.24, 2.45) is 0 Å². The van der Waals surface area contributed by atoms with Gasteiger partial charge in [0.1, 0.15) is 4.90 Å². The zero-order valence-corrected chi connectivity index (χ0v) is 16.5. The average Bonchev–Trinajstić information content (AvgIpc) is 2.96. The Kier molecular flexibility index (Phi) is 4.98. The molecular formula is C16H14Br2N2O3S. The fourth-order valence-electron chi connectivity index (χ4n) is 2.58. The molecule has 1 aliphatic heterocycles. The van der Waals surface area contributed by atoms with E-state index < -0.39 is 10.0 Å². The van der Waals surface area contributed by atoms with Crippen LogP contribution >= 0.6 is 31.9 Å². The Bertz CT molecular complexity index is 900. The van der Waals surface area contributed by atoms with E-state index in [1.165, 1.54) is 6.07 Å². The van der Waals surface area contributed by atoms with E-state index in [4.69, 9.17) is 0 Å². The first-order valence-corrected chi connectivity index (χ1v) is 10.3. The number of nitrogens with zero attached hydrogens (tertiary/aromatic N) is 1. The predicted octanol–water partition coefficient (Wildman–Crippen LogP) is 4.14. The number of para-hydroxylation sites is 2. The Hall–Kier alpha value is -1.38. The second-order valence-electron chi connectivity index (χ2n) is 5.35. The van der Waals surface area contributed by atoms with Gasteiger partial charge in [0.25, 0.3) is 10.0 Å². The van der Waals surface area contributed by atoms with Crippen molar-refractivity contribution in [1.29, 1.82) is 0 Å². The van der Waals surface area contributed by atoms with Crippen molar-refractivity contribution in [2.75, 3.05) is 16.2 Å². The summed E-state index contributed by atoms with van der Waals surface area (Å²) in [7, 11) is -3.80. The molecule has 0 saturated carbocycles. The average molecular weight is 474 g/mol. The first-order chi connectivity index (χ1) is 11.4. The number of hydrogen-bond donors (Lipinski definition) is 1. The summed E-state index contributed by atoms with van der Waals surface area (Å²) in [6.45, 7) is 0.595. The van der Waals surface area contributed by atoms with E-state index in [2.05, 4.69) is 36.6 Å². The van der Waals surface area contributed by atoms with Gasteiger partial charge >= 0.3 is 0 Å². The molecule has 0 unspecified atom stereocenters. The fraction of sp³-hybridized carbons (Fsp3) is 0.188. The highest BCUT2D eigenvalue weighted by Gasteiger charge is 2.26. The fourth-order valence-corrected chi connectivity index (χ4v) is 5.16. The lowest BCUT2D eigenvalue weighted by molar-refractivity contribution is -0.117. The Morgan fingerprint density at radius 1 is 1.08 bits per heavy atom. The summed E-state index contributed by atoms with van der Waals surface area (Å²) in [5.74, 6) is 0.00489. The Balaban J connectivity index is 1.99. The lowest BCUT2D eigenvalue weighted by atomic mass is 10.2. The topological polar surface area (TPSA) is 66.5 Å². The molecule has 8 heteroatoms. The second kappa shape index (κ2) is 6.85. The van der Waals surface area contributed by atoms with Crippen molar-refractivity contribution < 1.29 is 13.2 Å². The summed E-state index contributed by atoms with van der Waals surface area (Å²) < 4.78 is 29.2. The highest BCUT2D eigenvalue weighted by molar-refractivity contribution is 9.11. The van der Waals surface area contributed by atoms with Gasteiger partial charge in [0, 0.05) is 21.9 Å². The lowest BCUT2D eigenvalue weighted by Crippen LogP contribution is -2.25. The molecule has 1 amide bonds. The zero-order valence-electron chi connectivity index (χ0n) is 12.5. The Morgan fingerprint density at radius 2 is 1.83 bits per heavy atom. The van der Waals surface area contributed by atoms with Crippen LogP contribution in [0.5, 0.6) is 0 Å². The maximum absolute atomic E-state index is 12.8. The monoisotopic (exact) mass is 472 g/mol. The number of nitrogens with one attached hydrogen (secondary N) is 1. The maximum atomic E-state index is 12.8. The van der Waals surface area contributed by atoms with Gasteiger partial charge in [-0.25, -0.2) is 8.42 Å². The Morgan fingerprint density at radius 3 is 2.54 bits per heavy atom. The number of rotatable bonds is 4. The third kappa shape index (κ3) is 3.50. The number of halogens is 2. The summed E-state index contributed by atoms with van der Waals surface area (Å²) in [6.07, 6.45) is 1.26. The van der Waals surface area contributed by atoms with E-state index in [0.29, 0.717) is 33.3 Å². The van der Waals surface area contributed by atoms with Crippen molar-refractivity contribution in [3.05, 3.63) is 51.4 Å². The van der Waals surface area contributed by atoms with Gasteiger partial charge in [-0.05, 0) is 52.7 Å². The van der Waals surface area contributed by atoms with Gasteiger partial charge in [0.2, 0.25) is 5.91 Å². The van der Waals surface area contributed by atoms with Gasteiger partial charge in [0.05, 0.1) is 11.4 Å². The summed E-state index contributed by atoms with van der Waals surface area (Å²) in [4.78, 5) is 13.7. The summed E-state index contributed by atoms with van der Waals surface area (Å²) in [5, 5.41) is 0. The van der Waals surface area contributed by atoms with Crippen molar-refractivity contribution >= 4 is 59.2 Å². The third-order valence-corrected chi connectivity index (χ3v) is 6.55. The van der Waals surface area contributed by atoms with Crippen LogP contribution in [0.3, 0.4) is 0 Å². The van der Waals surface area contributed by atoms with E-state index in [-0.39, 0.29) is 10.8 Å². The van der Waals surface area contributed by atoms with E-state index in [9.17, 15) is 13.2 Å². The molecule has 5 nitrogen and oxygen atoms in total. The van der Waals surface area contributed by atoms with Crippen molar-refractivity contribution in [3.8, 4) is 0 Å². The van der Waals surface area contributed by atoms with Crippen LogP contribution < -0.4 is 9.62 Å². The first-order valence-electron chi connectivity index (χ1n) is 7.26. The molecular weight excluding hydrogens is 460 g/mol. The maximum Gasteiger partial charge on any atom is 0.263 e. The molecule has 1 aliphatic rings. The number of hydrogen-bond acceptors (Lipinski definition) is 3. The van der Waals surface area contributed by atoms with Gasteiger partial charge in [-0.15, -0.1) is 0 Å². The number of carbonyl (C=O) groups is 1. The molecule has 0 atom stereocenters. The lowest BCUT2D eigenvalue weighted by Gasteiger charge is -2.20. The number of carbonyl (C=O) groups excluding carboxylic acids is 1. The minimum atomic E-state index is -3.80. The molecule has 1 heterocycles. The quantitative estimate of drug-likeness (QED) is 0.725. The minimum absolute atomic E-state index is 0.00489. The second-order valence-corrected chi connectivity index (χ2v) is 8.77. The smallest absolute Gasteiger partial charge is 0.263 e. The summed E-state index contributed by atoms with van der Waals surface area (Å²) in [6, 6.07) is 11.9. The van der Waals surface area contributed by atoms with Crippen molar-refractivity contribution in [2.45, 2.75) is 17.7 Å². The minimum Gasteiger partial charge on any atom is -0.310 e. The summed E-state index contributed by atoms with van der Waals surface area (Å²) in [5.41, 5.74) is 0.967. The highest BCUT2D eigenvalue weighted by Crippen LogP contribution is 2.33. The van der Waals surface area contributed by atoms with Gasteiger partial charge in [0.15, 0.2) is 0 Å². The molecule has 0 radical (unpaired) electrons. The molecule has 2 aromatic rings. The van der Waals surface area contributed by atoms with E-state index in [1.807, 2.05) is 0 Å². The molecule has 0 aromatic heterocycles. The largest absolute Gasteiger partial charge is 0.310 e. The highest BCUT2D eigenvalue weighted by atomic mass is 79.9. The van der Waals surface area contributed by atoms with Gasteiger partial charge in [-0.2, -0.15) is 0 Å². The normalized spacial score (nSPS) is 14.9. The van der Waals surface area contributed by atoms with Crippen LogP contribution in [-0.4, -0.2) is 20.9 Å². The van der Waals surface area contributed by atoms with E-state index >= 15 is 0 Å². The molecule has 1 N–H and O–H groups in total. The molecule has 3 rings (SSSR count). The number of sulfonamides is 1. The van der Waals surface area contributed by atoms with Crippen LogP contribution in [0, 0.1) is 0 Å². The van der Waals surface area contributed by atoms with Crippen LogP contribution in [-0.2, 0) is 14.8 Å². The van der Waals surface area contributed by atoms with E-state index in [1.54, 1.807) is 41.3 Å².